The van der Waals surface area contributed by atoms with E-state index >= 15 is 0 Å². The number of fused-ring (bicyclic) bond motifs is 7. The number of aliphatic hydroxyl groups excluding tert-OH is 8. The Kier molecular flexibility index (Phi) is 12.4. The van der Waals surface area contributed by atoms with Crippen molar-refractivity contribution in [2.75, 3.05) is 19.8 Å². The lowest BCUT2D eigenvalue weighted by atomic mass is 9.44. The lowest BCUT2D eigenvalue weighted by Crippen LogP contribution is -2.64. The van der Waals surface area contributed by atoms with Gasteiger partial charge in [-0.1, -0.05) is 27.7 Å². The van der Waals surface area contributed by atoms with Crippen LogP contribution < -0.4 is 0 Å². The molecule has 9 aliphatic rings. The van der Waals surface area contributed by atoms with Crippen LogP contribution >= 0.6 is 0 Å². The molecule has 16 nitrogen and oxygen atoms in total. The molecule has 0 aromatic heterocycles. The summed E-state index contributed by atoms with van der Waals surface area (Å²) in [5.74, 6) is 3.51. The molecule has 16 heteroatoms. The first-order chi connectivity index (χ1) is 28.5. The summed E-state index contributed by atoms with van der Waals surface area (Å²) in [6.07, 6.45) is -9.06. The Hall–Kier alpha value is -0.640. The Labute approximate surface area is 353 Å². The fourth-order valence-electron chi connectivity index (χ4n) is 14.3. The van der Waals surface area contributed by atoms with Crippen molar-refractivity contribution in [2.45, 2.75) is 203 Å². The third kappa shape index (κ3) is 7.27. The minimum atomic E-state index is -1.72. The summed E-state index contributed by atoms with van der Waals surface area (Å²) in [5, 5.41) is 84.6. The molecule has 9 rings (SSSR count). The number of hydrogen-bond acceptors (Lipinski definition) is 16. The van der Waals surface area contributed by atoms with Crippen LogP contribution in [0.15, 0.2) is 0 Å². The molecular weight excluding hydrogens is 784 g/mol. The van der Waals surface area contributed by atoms with Crippen LogP contribution in [0.5, 0.6) is 0 Å². The van der Waals surface area contributed by atoms with Crippen molar-refractivity contribution >= 4 is 0 Å². The zero-order valence-corrected chi connectivity index (χ0v) is 35.8. The fourth-order valence-corrected chi connectivity index (χ4v) is 14.3. The molecule has 4 saturated carbocycles. The second-order valence-corrected chi connectivity index (χ2v) is 21.1. The smallest absolute Gasteiger partial charge is 0.187 e. The summed E-state index contributed by atoms with van der Waals surface area (Å²) in [5.41, 5.74) is 0.429. The molecule has 0 amide bonds. The summed E-state index contributed by atoms with van der Waals surface area (Å²) in [6.45, 7) is 11.2. The first-order valence-electron chi connectivity index (χ1n) is 23.1. The van der Waals surface area contributed by atoms with E-state index in [2.05, 4.69) is 27.7 Å². The van der Waals surface area contributed by atoms with Crippen LogP contribution in [0.4, 0.5) is 0 Å². The van der Waals surface area contributed by atoms with Crippen LogP contribution in [0.1, 0.15) is 98.8 Å². The molecule has 26 atom stereocenters. The molecule has 0 unspecified atom stereocenters. The van der Waals surface area contributed by atoms with Crippen molar-refractivity contribution in [3.8, 4) is 0 Å². The first-order valence-corrected chi connectivity index (χ1v) is 23.1. The summed E-state index contributed by atoms with van der Waals surface area (Å²) < 4.78 is 49.3. The van der Waals surface area contributed by atoms with E-state index in [1.807, 2.05) is 0 Å². The molecule has 5 heterocycles. The highest BCUT2D eigenvalue weighted by Gasteiger charge is 2.69. The number of ether oxygens (including phenoxy) is 8. The van der Waals surface area contributed by atoms with Crippen LogP contribution in [-0.4, -0.2) is 165 Å². The van der Waals surface area contributed by atoms with Gasteiger partial charge in [0.15, 0.2) is 24.7 Å². The van der Waals surface area contributed by atoms with E-state index in [-0.39, 0.29) is 29.6 Å². The summed E-state index contributed by atoms with van der Waals surface area (Å²) in [4.78, 5) is 0. The van der Waals surface area contributed by atoms with Gasteiger partial charge >= 0.3 is 0 Å². The molecule has 8 N–H and O–H groups in total. The Bertz CT molecular complexity index is 1500. The standard InChI is InChI=1S/C44H72O16/c1-19-8-13-44(54-17-19)20(2)30-27(60-44)15-26-24-7-6-22-14-23(9-11-42(22,4)25(24)10-12-43(26,30)5)56-41-38(35(50)31(46)21(3)55-41)59-39-36(51)33(48)29(18-53-39)58-40-37(52)34(49)32(47)28(16-45)57-40/h19-41,45-52H,6-18H2,1-5H3/t19-,20-,21-,22+,23-,24+,25-,26-,27-,28+,29-,30-,31+,32+,33-,34-,35+,36+,37+,38+,39-,40-,41-,42-,43-,44+/m0/s1. The number of rotatable bonds is 7. The van der Waals surface area contributed by atoms with E-state index in [1.165, 1.54) is 25.7 Å². The second kappa shape index (κ2) is 16.7. The maximum absolute atomic E-state index is 11.3. The average Bonchev–Trinajstić information content (AvgIpc) is 3.68. The zero-order valence-electron chi connectivity index (χ0n) is 35.8. The predicted octanol–water partition coefficient (Wildman–Crippen LogP) is 0.933. The van der Waals surface area contributed by atoms with Gasteiger partial charge in [-0.2, -0.15) is 0 Å². The number of aliphatic hydroxyl groups is 8. The normalized spacial score (nSPS) is 59.2. The Balaban J connectivity index is 0.825. The van der Waals surface area contributed by atoms with Gasteiger partial charge in [0.2, 0.25) is 0 Å². The third-order valence-electron chi connectivity index (χ3n) is 17.9. The molecule has 9 fully saturated rings. The molecule has 4 aliphatic carbocycles. The van der Waals surface area contributed by atoms with Gasteiger partial charge in [0, 0.05) is 12.3 Å². The maximum atomic E-state index is 11.3. The van der Waals surface area contributed by atoms with Crippen molar-refractivity contribution in [3.05, 3.63) is 0 Å². The van der Waals surface area contributed by atoms with E-state index in [1.54, 1.807) is 6.92 Å². The molecule has 344 valence electrons. The summed E-state index contributed by atoms with van der Waals surface area (Å²) in [6, 6.07) is 0. The maximum Gasteiger partial charge on any atom is 0.187 e. The predicted molar refractivity (Wildman–Crippen MR) is 208 cm³/mol. The molecule has 60 heavy (non-hydrogen) atoms. The third-order valence-corrected chi connectivity index (χ3v) is 17.9. The molecule has 1 spiro atoms. The minimum Gasteiger partial charge on any atom is -0.394 e. The van der Waals surface area contributed by atoms with Crippen LogP contribution in [0.25, 0.3) is 0 Å². The van der Waals surface area contributed by atoms with Crippen molar-refractivity contribution < 1.29 is 78.7 Å². The highest BCUT2D eigenvalue weighted by atomic mass is 16.8. The minimum absolute atomic E-state index is 0.175. The van der Waals surface area contributed by atoms with E-state index in [0.717, 1.165) is 45.1 Å². The zero-order chi connectivity index (χ0) is 42.6. The lowest BCUT2D eigenvalue weighted by Gasteiger charge is -2.61. The Morgan fingerprint density at radius 3 is 2.12 bits per heavy atom. The number of hydrogen-bond donors (Lipinski definition) is 8. The summed E-state index contributed by atoms with van der Waals surface area (Å²) >= 11 is 0. The monoisotopic (exact) mass is 856 g/mol. The van der Waals surface area contributed by atoms with E-state index < -0.39 is 98.4 Å². The van der Waals surface area contributed by atoms with Gasteiger partial charge < -0.3 is 78.7 Å². The van der Waals surface area contributed by atoms with E-state index in [9.17, 15) is 40.9 Å². The van der Waals surface area contributed by atoms with E-state index in [0.29, 0.717) is 41.4 Å². The SMILES string of the molecule is C[C@H]1CC[C@@]2(OC1)O[C@H]1C[C@H]3[C@@H]4CC[C@@H]5C[C@@H](O[C@@H]6O[C@@H](C)[C@@H](O)[C@@H](O)[C@H]6O[C@@H]6OC[C@H](O[C@@H]7O[C@H](CO)[C@@H](O)[C@H](O)[C@H]7O)[C@H](O)[C@H]6O)CC[C@]5(C)[C@H]4CC[C@]3(C)[C@H]1[C@@H]2C. The first kappa shape index (κ1) is 44.6. The molecule has 5 aliphatic heterocycles. The van der Waals surface area contributed by atoms with Gasteiger partial charge in [0.05, 0.1) is 38.1 Å². The quantitative estimate of drug-likeness (QED) is 0.166. The second-order valence-electron chi connectivity index (χ2n) is 21.1. The van der Waals surface area contributed by atoms with E-state index in [4.69, 9.17) is 37.9 Å². The van der Waals surface area contributed by atoms with Crippen LogP contribution in [0.2, 0.25) is 0 Å². The van der Waals surface area contributed by atoms with Crippen molar-refractivity contribution in [2.24, 2.45) is 52.3 Å². The molecule has 0 bridgehead atoms. The van der Waals surface area contributed by atoms with Crippen LogP contribution in [0.3, 0.4) is 0 Å². The Morgan fingerprint density at radius 1 is 0.633 bits per heavy atom. The van der Waals surface area contributed by atoms with Gasteiger partial charge in [-0.25, -0.2) is 0 Å². The molecule has 0 aromatic rings. The van der Waals surface area contributed by atoms with Gasteiger partial charge in [0.25, 0.3) is 0 Å². The fraction of sp³-hybridized carbons (Fsp3) is 1.00. The van der Waals surface area contributed by atoms with Crippen molar-refractivity contribution in [3.63, 3.8) is 0 Å². The van der Waals surface area contributed by atoms with Gasteiger partial charge in [0.1, 0.15) is 61.0 Å². The molecule has 0 aromatic carbocycles. The molecule has 5 saturated heterocycles. The van der Waals surface area contributed by atoms with Crippen LogP contribution in [0, 0.1) is 52.3 Å². The summed E-state index contributed by atoms with van der Waals surface area (Å²) in [7, 11) is 0. The van der Waals surface area contributed by atoms with Gasteiger partial charge in [-0.05, 0) is 111 Å². The highest BCUT2D eigenvalue weighted by Crippen LogP contribution is 2.71. The van der Waals surface area contributed by atoms with Crippen molar-refractivity contribution in [1.29, 1.82) is 0 Å². The largest absolute Gasteiger partial charge is 0.394 e. The van der Waals surface area contributed by atoms with Gasteiger partial charge in [-0.3, -0.25) is 0 Å². The van der Waals surface area contributed by atoms with Crippen LogP contribution in [-0.2, 0) is 37.9 Å². The molecule has 0 radical (unpaired) electrons. The highest BCUT2D eigenvalue weighted by molar-refractivity contribution is 5.15. The topological polar surface area (TPSA) is 236 Å². The Morgan fingerprint density at radius 2 is 1.38 bits per heavy atom. The van der Waals surface area contributed by atoms with Crippen molar-refractivity contribution in [1.82, 2.24) is 0 Å². The average molecular weight is 857 g/mol. The van der Waals surface area contributed by atoms with Gasteiger partial charge in [-0.15, -0.1) is 0 Å². The molecular formula is C44H72O16. The lowest BCUT2D eigenvalue weighted by molar-refractivity contribution is -0.373.